The van der Waals surface area contributed by atoms with Gasteiger partial charge in [0.15, 0.2) is 0 Å². The van der Waals surface area contributed by atoms with E-state index in [-0.39, 0.29) is 11.9 Å². The lowest BCUT2D eigenvalue weighted by atomic mass is 10.1. The molecule has 1 amide bonds. The summed E-state index contributed by atoms with van der Waals surface area (Å²) in [5.41, 5.74) is 7.70. The molecule has 1 atom stereocenters. The number of hydrogen-bond acceptors (Lipinski definition) is 4. The molecule has 1 aromatic carbocycles. The molecular formula is C14H18N2O3. The monoisotopic (exact) mass is 262 g/mol. The van der Waals surface area contributed by atoms with E-state index < -0.39 is 6.04 Å². The Labute approximate surface area is 112 Å². The van der Waals surface area contributed by atoms with Crippen molar-refractivity contribution in [3.63, 3.8) is 0 Å². The molecule has 102 valence electrons. The Morgan fingerprint density at radius 1 is 1.42 bits per heavy atom. The third-order valence-electron chi connectivity index (χ3n) is 3.59. The van der Waals surface area contributed by atoms with Crippen LogP contribution in [0, 0.1) is 6.92 Å². The summed E-state index contributed by atoms with van der Waals surface area (Å²) in [5.74, 6) is -0.509. The maximum absolute atomic E-state index is 12.5. The number of ether oxygens (including phenoxy) is 1. The van der Waals surface area contributed by atoms with Gasteiger partial charge in [-0.1, -0.05) is 6.07 Å². The zero-order chi connectivity index (χ0) is 14.0. The van der Waals surface area contributed by atoms with Gasteiger partial charge in [-0.3, -0.25) is 4.79 Å². The van der Waals surface area contributed by atoms with Gasteiger partial charge in [0.25, 0.3) is 5.91 Å². The number of anilines is 1. The first-order chi connectivity index (χ1) is 9.06. The molecule has 1 aliphatic rings. The van der Waals surface area contributed by atoms with Crippen LogP contribution in [0.3, 0.4) is 0 Å². The van der Waals surface area contributed by atoms with Gasteiger partial charge in [-0.25, -0.2) is 4.79 Å². The molecular weight excluding hydrogens is 244 g/mol. The van der Waals surface area contributed by atoms with E-state index >= 15 is 0 Å². The smallest absolute Gasteiger partial charge is 0.328 e. The number of carbonyl (C=O) groups is 2. The maximum atomic E-state index is 12.5. The number of nitrogens with zero attached hydrogens (tertiary/aromatic N) is 1. The van der Waals surface area contributed by atoms with E-state index in [2.05, 4.69) is 0 Å². The molecule has 1 unspecified atom stereocenters. The molecule has 0 aliphatic carbocycles. The second-order valence-corrected chi connectivity index (χ2v) is 4.70. The summed E-state index contributed by atoms with van der Waals surface area (Å²) in [7, 11) is 1.34. The average molecular weight is 262 g/mol. The summed E-state index contributed by atoms with van der Waals surface area (Å²) in [5, 5.41) is 0. The maximum Gasteiger partial charge on any atom is 0.328 e. The Morgan fingerprint density at radius 2 is 2.16 bits per heavy atom. The summed E-state index contributed by atoms with van der Waals surface area (Å²) in [4.78, 5) is 25.8. The van der Waals surface area contributed by atoms with Crippen LogP contribution in [0.25, 0.3) is 0 Å². The van der Waals surface area contributed by atoms with Crippen molar-refractivity contribution in [2.75, 3.05) is 19.4 Å². The lowest BCUT2D eigenvalue weighted by molar-refractivity contribution is -0.145. The Morgan fingerprint density at radius 3 is 2.84 bits per heavy atom. The highest BCUT2D eigenvalue weighted by atomic mass is 16.5. The van der Waals surface area contributed by atoms with Crippen molar-refractivity contribution in [3.05, 3.63) is 29.3 Å². The second-order valence-electron chi connectivity index (χ2n) is 4.70. The number of likely N-dealkylation sites (tertiary alicyclic amines) is 1. The van der Waals surface area contributed by atoms with E-state index in [9.17, 15) is 9.59 Å². The van der Waals surface area contributed by atoms with Gasteiger partial charge < -0.3 is 15.4 Å². The zero-order valence-corrected chi connectivity index (χ0v) is 11.2. The van der Waals surface area contributed by atoms with Crippen LogP contribution < -0.4 is 5.73 Å². The third-order valence-corrected chi connectivity index (χ3v) is 3.59. The number of rotatable bonds is 2. The van der Waals surface area contributed by atoms with Crippen LogP contribution in [0.5, 0.6) is 0 Å². The molecule has 0 bridgehead atoms. The largest absolute Gasteiger partial charge is 0.467 e. The van der Waals surface area contributed by atoms with Gasteiger partial charge in [-0.2, -0.15) is 0 Å². The highest BCUT2D eigenvalue weighted by Crippen LogP contribution is 2.24. The van der Waals surface area contributed by atoms with Crippen LogP contribution in [0.2, 0.25) is 0 Å². The third kappa shape index (κ3) is 2.41. The summed E-state index contributed by atoms with van der Waals surface area (Å²) < 4.78 is 4.75. The number of benzene rings is 1. The molecule has 0 radical (unpaired) electrons. The number of amides is 1. The van der Waals surface area contributed by atoms with Crippen molar-refractivity contribution < 1.29 is 14.3 Å². The van der Waals surface area contributed by atoms with Gasteiger partial charge in [-0.05, 0) is 37.5 Å². The van der Waals surface area contributed by atoms with Gasteiger partial charge in [0, 0.05) is 17.8 Å². The number of nitrogens with two attached hydrogens (primary N) is 1. The van der Waals surface area contributed by atoms with Crippen LogP contribution >= 0.6 is 0 Å². The molecule has 1 saturated heterocycles. The minimum absolute atomic E-state index is 0.155. The quantitative estimate of drug-likeness (QED) is 0.645. The van der Waals surface area contributed by atoms with Crippen LogP contribution in [-0.4, -0.2) is 36.5 Å². The molecule has 5 heteroatoms. The van der Waals surface area contributed by atoms with E-state index in [4.69, 9.17) is 10.5 Å². The van der Waals surface area contributed by atoms with Crippen molar-refractivity contribution >= 4 is 17.6 Å². The van der Waals surface area contributed by atoms with Crippen molar-refractivity contribution in [2.45, 2.75) is 25.8 Å². The van der Waals surface area contributed by atoms with E-state index in [0.29, 0.717) is 24.2 Å². The summed E-state index contributed by atoms with van der Waals surface area (Å²) in [6, 6.07) is 4.77. The molecule has 5 nitrogen and oxygen atoms in total. The summed E-state index contributed by atoms with van der Waals surface area (Å²) in [6.45, 7) is 2.39. The minimum atomic E-state index is -0.474. The molecule has 0 spiro atoms. The first kappa shape index (κ1) is 13.4. The summed E-state index contributed by atoms with van der Waals surface area (Å²) >= 11 is 0. The molecule has 1 aromatic rings. The van der Waals surface area contributed by atoms with Crippen LogP contribution in [0.1, 0.15) is 28.8 Å². The molecule has 1 aliphatic heterocycles. The van der Waals surface area contributed by atoms with E-state index in [1.54, 1.807) is 23.1 Å². The van der Waals surface area contributed by atoms with E-state index in [0.717, 1.165) is 12.0 Å². The molecule has 2 N–H and O–H groups in total. The number of hydrogen-bond donors (Lipinski definition) is 1. The van der Waals surface area contributed by atoms with Crippen LogP contribution in [0.15, 0.2) is 18.2 Å². The Kier molecular flexibility index (Phi) is 3.74. The molecule has 1 heterocycles. The fourth-order valence-corrected chi connectivity index (χ4v) is 2.43. The predicted molar refractivity (Wildman–Crippen MR) is 71.7 cm³/mol. The molecule has 0 aromatic heterocycles. The van der Waals surface area contributed by atoms with Crippen LogP contribution in [-0.2, 0) is 9.53 Å². The topological polar surface area (TPSA) is 72.6 Å². The van der Waals surface area contributed by atoms with Crippen molar-refractivity contribution in [1.82, 2.24) is 4.90 Å². The lowest BCUT2D eigenvalue weighted by Crippen LogP contribution is -2.41. The highest BCUT2D eigenvalue weighted by molar-refractivity contribution is 5.99. The van der Waals surface area contributed by atoms with Crippen LogP contribution in [0.4, 0.5) is 5.69 Å². The summed E-state index contributed by atoms with van der Waals surface area (Å²) in [6.07, 6.45) is 1.46. The standard InChI is InChI=1S/C14H18N2O3/c1-9-10(5-3-6-11(9)15)13(17)16-8-4-7-12(16)14(18)19-2/h3,5-6,12H,4,7-8,15H2,1-2H3. The van der Waals surface area contributed by atoms with Crippen molar-refractivity contribution in [3.8, 4) is 0 Å². The fourth-order valence-electron chi connectivity index (χ4n) is 2.43. The SMILES string of the molecule is COC(=O)C1CCCN1C(=O)c1cccc(N)c1C. The molecule has 1 fully saturated rings. The van der Waals surface area contributed by atoms with E-state index in [1.165, 1.54) is 7.11 Å². The highest BCUT2D eigenvalue weighted by Gasteiger charge is 2.35. The van der Waals surface area contributed by atoms with E-state index in [1.807, 2.05) is 6.92 Å². The van der Waals surface area contributed by atoms with Gasteiger partial charge in [0.2, 0.25) is 0 Å². The Bertz CT molecular complexity index is 513. The normalized spacial score (nSPS) is 18.4. The lowest BCUT2D eigenvalue weighted by Gasteiger charge is -2.23. The molecule has 2 rings (SSSR count). The first-order valence-electron chi connectivity index (χ1n) is 6.30. The van der Waals surface area contributed by atoms with Gasteiger partial charge in [-0.15, -0.1) is 0 Å². The zero-order valence-electron chi connectivity index (χ0n) is 11.2. The number of methoxy groups -OCH3 is 1. The van der Waals surface area contributed by atoms with Crippen molar-refractivity contribution in [2.24, 2.45) is 0 Å². The molecule has 0 saturated carbocycles. The predicted octanol–water partition coefficient (Wildman–Crippen LogP) is 1.35. The Balaban J connectivity index is 2.28. The fraction of sp³-hybridized carbons (Fsp3) is 0.429. The van der Waals surface area contributed by atoms with Gasteiger partial charge in [0.1, 0.15) is 6.04 Å². The average Bonchev–Trinajstić information content (AvgIpc) is 2.89. The Hall–Kier alpha value is -2.04. The van der Waals surface area contributed by atoms with Crippen molar-refractivity contribution in [1.29, 1.82) is 0 Å². The first-order valence-corrected chi connectivity index (χ1v) is 6.30. The second kappa shape index (κ2) is 5.30. The number of carbonyl (C=O) groups excluding carboxylic acids is 2. The van der Waals surface area contributed by atoms with Gasteiger partial charge in [0.05, 0.1) is 7.11 Å². The molecule has 19 heavy (non-hydrogen) atoms. The minimum Gasteiger partial charge on any atom is -0.467 e. The number of esters is 1. The van der Waals surface area contributed by atoms with Gasteiger partial charge >= 0.3 is 5.97 Å². The number of nitrogen functional groups attached to an aromatic ring is 1.